The SMILES string of the molecule is CNS(=O)(=O)c1csc(-c2nc(-c3ccc(C(C)C)nc3)no2)c1. The van der Waals surface area contributed by atoms with Gasteiger partial charge in [0.2, 0.25) is 15.8 Å². The highest BCUT2D eigenvalue weighted by Crippen LogP contribution is 2.29. The first-order valence-corrected chi connectivity index (χ1v) is 9.59. The number of thiophene rings is 1. The van der Waals surface area contributed by atoms with E-state index >= 15 is 0 Å². The van der Waals surface area contributed by atoms with Crippen molar-refractivity contribution in [1.82, 2.24) is 19.8 Å². The molecule has 7 nitrogen and oxygen atoms in total. The maximum absolute atomic E-state index is 11.8. The maximum atomic E-state index is 11.8. The molecule has 9 heteroatoms. The highest BCUT2D eigenvalue weighted by atomic mass is 32.2. The van der Waals surface area contributed by atoms with E-state index in [0.29, 0.717) is 16.6 Å². The minimum absolute atomic E-state index is 0.174. The molecule has 24 heavy (non-hydrogen) atoms. The molecule has 0 aliphatic carbocycles. The van der Waals surface area contributed by atoms with Crippen LogP contribution in [0.25, 0.3) is 22.2 Å². The van der Waals surface area contributed by atoms with Crippen LogP contribution in [0.2, 0.25) is 0 Å². The van der Waals surface area contributed by atoms with Gasteiger partial charge in [-0.3, -0.25) is 4.98 Å². The van der Waals surface area contributed by atoms with Crippen molar-refractivity contribution in [2.75, 3.05) is 7.05 Å². The predicted molar refractivity (Wildman–Crippen MR) is 91.2 cm³/mol. The summed E-state index contributed by atoms with van der Waals surface area (Å²) < 4.78 is 31.1. The van der Waals surface area contributed by atoms with E-state index in [2.05, 4.69) is 33.7 Å². The first-order valence-electron chi connectivity index (χ1n) is 7.23. The lowest BCUT2D eigenvalue weighted by molar-refractivity contribution is 0.433. The zero-order valence-electron chi connectivity index (χ0n) is 13.3. The second-order valence-electron chi connectivity index (χ2n) is 5.40. The molecule has 0 amide bonds. The van der Waals surface area contributed by atoms with Gasteiger partial charge in [0.15, 0.2) is 0 Å². The molecule has 0 bridgehead atoms. The Labute approximate surface area is 143 Å². The Balaban J connectivity index is 1.88. The number of pyridine rings is 1. The van der Waals surface area contributed by atoms with Crippen LogP contribution in [-0.2, 0) is 10.0 Å². The molecule has 0 saturated carbocycles. The summed E-state index contributed by atoms with van der Waals surface area (Å²) in [7, 11) is -2.12. The highest BCUT2D eigenvalue weighted by molar-refractivity contribution is 7.89. The molecule has 0 radical (unpaired) electrons. The third kappa shape index (κ3) is 3.23. The molecule has 0 aliphatic heterocycles. The van der Waals surface area contributed by atoms with Crippen LogP contribution in [0.4, 0.5) is 0 Å². The van der Waals surface area contributed by atoms with Gasteiger partial charge >= 0.3 is 0 Å². The van der Waals surface area contributed by atoms with E-state index < -0.39 is 10.0 Å². The van der Waals surface area contributed by atoms with Crippen LogP contribution < -0.4 is 4.72 Å². The van der Waals surface area contributed by atoms with Gasteiger partial charge < -0.3 is 4.52 Å². The zero-order chi connectivity index (χ0) is 17.3. The molecule has 1 N–H and O–H groups in total. The molecule has 3 rings (SSSR count). The maximum Gasteiger partial charge on any atom is 0.268 e. The molecule has 0 spiro atoms. The van der Waals surface area contributed by atoms with Crippen molar-refractivity contribution < 1.29 is 12.9 Å². The number of nitrogens with zero attached hydrogens (tertiary/aromatic N) is 3. The number of hydrogen-bond acceptors (Lipinski definition) is 7. The lowest BCUT2D eigenvalue weighted by Gasteiger charge is -2.03. The fourth-order valence-corrected chi connectivity index (χ4v) is 3.93. The first kappa shape index (κ1) is 16.7. The van der Waals surface area contributed by atoms with E-state index in [0.717, 1.165) is 11.3 Å². The number of hydrogen-bond donors (Lipinski definition) is 1. The molecule has 0 aromatic carbocycles. The van der Waals surface area contributed by atoms with Crippen LogP contribution in [0, 0.1) is 0 Å². The number of rotatable bonds is 5. The van der Waals surface area contributed by atoms with Gasteiger partial charge in [0.1, 0.15) is 0 Å². The van der Waals surface area contributed by atoms with Crippen LogP contribution in [0.1, 0.15) is 25.5 Å². The van der Waals surface area contributed by atoms with Crippen LogP contribution >= 0.6 is 11.3 Å². The smallest absolute Gasteiger partial charge is 0.268 e. The molecule has 0 aliphatic rings. The molecule has 0 fully saturated rings. The third-order valence-electron chi connectivity index (χ3n) is 3.43. The van der Waals surface area contributed by atoms with Gasteiger partial charge in [-0.2, -0.15) is 4.98 Å². The second kappa shape index (κ2) is 6.42. The summed E-state index contributed by atoms with van der Waals surface area (Å²) in [5, 5.41) is 5.48. The molecular formula is C15H16N4O3S2. The van der Waals surface area contributed by atoms with Crippen molar-refractivity contribution in [1.29, 1.82) is 0 Å². The van der Waals surface area contributed by atoms with Crippen molar-refractivity contribution in [3.05, 3.63) is 35.5 Å². The fraction of sp³-hybridized carbons (Fsp3) is 0.267. The Bertz CT molecular complexity index is 943. The van der Waals surface area contributed by atoms with E-state index in [1.54, 1.807) is 6.20 Å². The molecular weight excluding hydrogens is 348 g/mol. The number of aromatic nitrogens is 3. The summed E-state index contributed by atoms with van der Waals surface area (Å²) in [5.41, 5.74) is 1.73. The first-order chi connectivity index (χ1) is 11.4. The monoisotopic (exact) mass is 364 g/mol. The summed E-state index contributed by atoms with van der Waals surface area (Å²) in [6.45, 7) is 4.14. The largest absolute Gasteiger partial charge is 0.333 e. The third-order valence-corrected chi connectivity index (χ3v) is 5.89. The summed E-state index contributed by atoms with van der Waals surface area (Å²) in [6, 6.07) is 5.33. The van der Waals surface area contributed by atoms with E-state index in [1.165, 1.54) is 29.8 Å². The normalized spacial score (nSPS) is 12.0. The van der Waals surface area contributed by atoms with Gasteiger partial charge in [-0.25, -0.2) is 13.1 Å². The second-order valence-corrected chi connectivity index (χ2v) is 8.20. The molecule has 126 valence electrons. The Morgan fingerprint density at radius 3 is 2.71 bits per heavy atom. The average Bonchev–Trinajstić information content (AvgIpc) is 3.24. The molecule has 0 saturated heterocycles. The van der Waals surface area contributed by atoms with E-state index in [-0.39, 0.29) is 10.8 Å². The van der Waals surface area contributed by atoms with E-state index in [9.17, 15) is 8.42 Å². The van der Waals surface area contributed by atoms with Crippen molar-refractivity contribution in [3.8, 4) is 22.2 Å². The minimum Gasteiger partial charge on any atom is -0.333 e. The van der Waals surface area contributed by atoms with Gasteiger partial charge in [-0.15, -0.1) is 11.3 Å². The van der Waals surface area contributed by atoms with Crippen molar-refractivity contribution >= 4 is 21.4 Å². The molecule has 0 unspecified atom stereocenters. The quantitative estimate of drug-likeness (QED) is 0.747. The van der Waals surface area contributed by atoms with Crippen LogP contribution in [0.3, 0.4) is 0 Å². The van der Waals surface area contributed by atoms with Gasteiger partial charge in [-0.05, 0) is 31.2 Å². The van der Waals surface area contributed by atoms with Crippen molar-refractivity contribution in [2.45, 2.75) is 24.7 Å². The van der Waals surface area contributed by atoms with Crippen LogP contribution in [-0.4, -0.2) is 30.6 Å². The summed E-state index contributed by atoms with van der Waals surface area (Å²) in [6.07, 6.45) is 1.70. The van der Waals surface area contributed by atoms with Gasteiger partial charge in [0, 0.05) is 22.8 Å². The molecule has 3 aromatic rings. The highest BCUT2D eigenvalue weighted by Gasteiger charge is 2.18. The van der Waals surface area contributed by atoms with Gasteiger partial charge in [-0.1, -0.05) is 19.0 Å². The minimum atomic E-state index is -3.48. The Hall–Kier alpha value is -2.10. The van der Waals surface area contributed by atoms with Crippen molar-refractivity contribution in [3.63, 3.8) is 0 Å². The summed E-state index contributed by atoms with van der Waals surface area (Å²) in [5.74, 6) is 1.04. The molecule has 3 aromatic heterocycles. The Kier molecular flexibility index (Phi) is 4.48. The number of nitrogens with one attached hydrogen (secondary N) is 1. The fourth-order valence-electron chi connectivity index (χ4n) is 2.01. The average molecular weight is 364 g/mol. The lowest BCUT2D eigenvalue weighted by atomic mass is 10.1. The summed E-state index contributed by atoms with van der Waals surface area (Å²) in [4.78, 5) is 9.47. The van der Waals surface area contributed by atoms with E-state index in [1.807, 2.05) is 12.1 Å². The summed E-state index contributed by atoms with van der Waals surface area (Å²) >= 11 is 1.23. The topological polar surface area (TPSA) is 98.0 Å². The zero-order valence-corrected chi connectivity index (χ0v) is 15.0. The Morgan fingerprint density at radius 2 is 2.08 bits per heavy atom. The Morgan fingerprint density at radius 1 is 1.29 bits per heavy atom. The van der Waals surface area contributed by atoms with E-state index in [4.69, 9.17) is 4.52 Å². The van der Waals surface area contributed by atoms with Crippen LogP contribution in [0.5, 0.6) is 0 Å². The van der Waals surface area contributed by atoms with Gasteiger partial charge in [0.25, 0.3) is 5.89 Å². The number of sulfonamides is 1. The van der Waals surface area contributed by atoms with Crippen molar-refractivity contribution in [2.24, 2.45) is 0 Å². The molecule has 0 atom stereocenters. The predicted octanol–water partition coefficient (Wildman–Crippen LogP) is 2.89. The van der Waals surface area contributed by atoms with Crippen LogP contribution in [0.15, 0.2) is 39.2 Å². The standard InChI is InChI=1S/C15H16N4O3S2/c1-9(2)12-5-4-10(7-17-12)14-18-15(22-19-14)13-6-11(8-23-13)24(20,21)16-3/h4-9,16H,1-3H3. The molecule has 3 heterocycles. The van der Waals surface area contributed by atoms with Gasteiger partial charge in [0.05, 0.1) is 9.77 Å². The lowest BCUT2D eigenvalue weighted by Crippen LogP contribution is -2.17.